The molecule has 0 atom stereocenters. The number of hydrogen-bond acceptors (Lipinski definition) is 4. The second-order valence-electron chi connectivity index (χ2n) is 4.28. The molecule has 0 aliphatic carbocycles. The van der Waals surface area contributed by atoms with E-state index in [4.69, 9.17) is 4.74 Å². The van der Waals surface area contributed by atoms with Crippen LogP contribution in [0.3, 0.4) is 0 Å². The molecular weight excluding hydrogens is 248 g/mol. The number of rotatable bonds is 2. The topological polar surface area (TPSA) is 78.9 Å². The van der Waals surface area contributed by atoms with Gasteiger partial charge in [0.05, 0.1) is 7.11 Å². The summed E-state index contributed by atoms with van der Waals surface area (Å²) in [5.74, 6) is 0.00367. The number of nitrogens with one attached hydrogen (secondary N) is 1. The Bertz CT molecular complexity index is 501. The van der Waals surface area contributed by atoms with E-state index in [9.17, 15) is 14.7 Å². The quantitative estimate of drug-likeness (QED) is 0.808. The number of nitrogens with zero attached hydrogens (tertiary/aromatic N) is 1. The lowest BCUT2D eigenvalue weighted by atomic mass is 10.1. The van der Waals surface area contributed by atoms with Gasteiger partial charge in [-0.2, -0.15) is 0 Å². The van der Waals surface area contributed by atoms with Gasteiger partial charge in [-0.15, -0.1) is 0 Å². The van der Waals surface area contributed by atoms with Crippen molar-refractivity contribution in [2.75, 3.05) is 26.7 Å². The lowest BCUT2D eigenvalue weighted by molar-refractivity contribution is -0.120. The number of hydrogen-bond donors (Lipinski definition) is 2. The Balaban J connectivity index is 2.14. The van der Waals surface area contributed by atoms with E-state index in [0.29, 0.717) is 37.4 Å². The van der Waals surface area contributed by atoms with Crippen LogP contribution in [0.2, 0.25) is 0 Å². The first kappa shape index (κ1) is 13.2. The lowest BCUT2D eigenvalue weighted by Gasteiger charge is -2.19. The zero-order valence-electron chi connectivity index (χ0n) is 10.7. The lowest BCUT2D eigenvalue weighted by Crippen LogP contribution is -2.34. The van der Waals surface area contributed by atoms with Crippen LogP contribution in [0.5, 0.6) is 11.5 Å². The maximum atomic E-state index is 12.2. The number of phenolic OH excluding ortho intramolecular Hbond substituents is 1. The number of benzene rings is 1. The van der Waals surface area contributed by atoms with Gasteiger partial charge in [0, 0.05) is 31.6 Å². The number of amides is 2. The highest BCUT2D eigenvalue weighted by atomic mass is 16.5. The number of carbonyl (C=O) groups excluding carboxylic acids is 2. The highest BCUT2D eigenvalue weighted by Crippen LogP contribution is 2.26. The first-order chi connectivity index (χ1) is 9.11. The van der Waals surface area contributed by atoms with Crippen LogP contribution in [0.1, 0.15) is 16.8 Å². The molecule has 1 aromatic carbocycles. The van der Waals surface area contributed by atoms with Crippen LogP contribution in [0.4, 0.5) is 0 Å². The van der Waals surface area contributed by atoms with Crippen LogP contribution >= 0.6 is 0 Å². The van der Waals surface area contributed by atoms with Gasteiger partial charge in [0.1, 0.15) is 0 Å². The molecular formula is C13H16N2O4. The summed E-state index contributed by atoms with van der Waals surface area (Å²) in [5.41, 5.74) is 0.382. The molecule has 2 N–H and O–H groups in total. The molecule has 1 aliphatic heterocycles. The van der Waals surface area contributed by atoms with Crippen molar-refractivity contribution in [3.05, 3.63) is 23.8 Å². The van der Waals surface area contributed by atoms with Crippen molar-refractivity contribution in [3.63, 3.8) is 0 Å². The summed E-state index contributed by atoms with van der Waals surface area (Å²) >= 11 is 0. The average Bonchev–Trinajstić information content (AvgIpc) is 2.62. The van der Waals surface area contributed by atoms with Crippen LogP contribution in [-0.4, -0.2) is 48.6 Å². The molecule has 1 aromatic rings. The second kappa shape index (κ2) is 5.60. The van der Waals surface area contributed by atoms with E-state index in [1.165, 1.54) is 13.2 Å². The van der Waals surface area contributed by atoms with E-state index >= 15 is 0 Å². The predicted molar refractivity (Wildman–Crippen MR) is 68.2 cm³/mol. The Hall–Kier alpha value is -2.24. The Morgan fingerprint density at radius 2 is 2.21 bits per heavy atom. The van der Waals surface area contributed by atoms with Gasteiger partial charge in [-0.25, -0.2) is 0 Å². The minimum atomic E-state index is -0.200. The van der Waals surface area contributed by atoms with Gasteiger partial charge in [0.25, 0.3) is 5.91 Å². The van der Waals surface area contributed by atoms with Crippen molar-refractivity contribution in [3.8, 4) is 11.5 Å². The zero-order valence-corrected chi connectivity index (χ0v) is 10.7. The monoisotopic (exact) mass is 264 g/mol. The van der Waals surface area contributed by atoms with Crippen LogP contribution in [0.25, 0.3) is 0 Å². The van der Waals surface area contributed by atoms with Crippen molar-refractivity contribution >= 4 is 11.8 Å². The van der Waals surface area contributed by atoms with Crippen LogP contribution in [0, 0.1) is 0 Å². The Kier molecular flexibility index (Phi) is 3.89. The number of methoxy groups -OCH3 is 1. The van der Waals surface area contributed by atoms with Crippen molar-refractivity contribution < 1.29 is 19.4 Å². The summed E-state index contributed by atoms with van der Waals surface area (Å²) in [4.78, 5) is 25.1. The molecule has 0 unspecified atom stereocenters. The molecule has 102 valence electrons. The van der Waals surface area contributed by atoms with Gasteiger partial charge in [-0.3, -0.25) is 9.59 Å². The van der Waals surface area contributed by atoms with E-state index in [1.807, 2.05) is 0 Å². The highest BCUT2D eigenvalue weighted by molar-refractivity contribution is 5.95. The van der Waals surface area contributed by atoms with Crippen molar-refractivity contribution in [1.29, 1.82) is 0 Å². The van der Waals surface area contributed by atoms with Crippen LogP contribution in [-0.2, 0) is 4.79 Å². The van der Waals surface area contributed by atoms with E-state index < -0.39 is 0 Å². The summed E-state index contributed by atoms with van der Waals surface area (Å²) in [6.45, 7) is 1.31. The van der Waals surface area contributed by atoms with Gasteiger partial charge in [-0.05, 0) is 18.2 Å². The first-order valence-electron chi connectivity index (χ1n) is 6.05. The molecule has 0 radical (unpaired) electrons. The summed E-state index contributed by atoms with van der Waals surface area (Å²) in [6, 6.07) is 4.52. The fourth-order valence-electron chi connectivity index (χ4n) is 1.98. The Morgan fingerprint density at radius 3 is 2.89 bits per heavy atom. The normalized spacial score (nSPS) is 15.6. The van der Waals surface area contributed by atoms with Crippen LogP contribution < -0.4 is 10.1 Å². The molecule has 0 spiro atoms. The average molecular weight is 264 g/mol. The molecule has 1 aliphatic rings. The summed E-state index contributed by atoms with van der Waals surface area (Å²) < 4.78 is 4.93. The molecule has 1 saturated heterocycles. The van der Waals surface area contributed by atoms with Gasteiger partial charge < -0.3 is 20.1 Å². The molecule has 1 fully saturated rings. The van der Waals surface area contributed by atoms with E-state index in [2.05, 4.69) is 5.32 Å². The number of aromatic hydroxyl groups is 1. The predicted octanol–water partition coefficient (Wildman–Crippen LogP) is 0.363. The van der Waals surface area contributed by atoms with Crippen LogP contribution in [0.15, 0.2) is 18.2 Å². The minimum absolute atomic E-state index is 0.0483. The highest BCUT2D eigenvalue weighted by Gasteiger charge is 2.20. The Morgan fingerprint density at radius 1 is 1.42 bits per heavy atom. The largest absolute Gasteiger partial charge is 0.504 e. The van der Waals surface area contributed by atoms with Gasteiger partial charge >= 0.3 is 0 Å². The van der Waals surface area contributed by atoms with E-state index in [-0.39, 0.29) is 17.6 Å². The van der Waals surface area contributed by atoms with Crippen molar-refractivity contribution in [1.82, 2.24) is 10.2 Å². The standard InChI is InChI=1S/C13H16N2O4/c1-19-11-3-2-9(8-10(11)16)13(18)15-6-4-12(17)14-5-7-15/h2-3,8,16H,4-7H2,1H3,(H,14,17). The third-order valence-corrected chi connectivity index (χ3v) is 3.03. The molecule has 2 amide bonds. The summed E-state index contributed by atoms with van der Waals surface area (Å²) in [6.07, 6.45) is 0.299. The molecule has 19 heavy (non-hydrogen) atoms. The molecule has 2 rings (SSSR count). The van der Waals surface area contributed by atoms with Crippen molar-refractivity contribution in [2.24, 2.45) is 0 Å². The minimum Gasteiger partial charge on any atom is -0.504 e. The summed E-state index contributed by atoms with van der Waals surface area (Å²) in [7, 11) is 1.45. The number of phenols is 1. The SMILES string of the molecule is COc1ccc(C(=O)N2CCNC(=O)CC2)cc1O. The maximum Gasteiger partial charge on any atom is 0.254 e. The van der Waals surface area contributed by atoms with E-state index in [0.717, 1.165) is 0 Å². The first-order valence-corrected chi connectivity index (χ1v) is 6.05. The maximum absolute atomic E-state index is 12.2. The molecule has 0 bridgehead atoms. The smallest absolute Gasteiger partial charge is 0.254 e. The molecule has 1 heterocycles. The molecule has 6 heteroatoms. The van der Waals surface area contributed by atoms with E-state index in [1.54, 1.807) is 17.0 Å². The molecule has 0 aromatic heterocycles. The molecule has 6 nitrogen and oxygen atoms in total. The third kappa shape index (κ3) is 2.96. The zero-order chi connectivity index (χ0) is 13.8. The van der Waals surface area contributed by atoms with Gasteiger partial charge in [-0.1, -0.05) is 0 Å². The fraction of sp³-hybridized carbons (Fsp3) is 0.385. The molecule has 0 saturated carbocycles. The van der Waals surface area contributed by atoms with Crippen molar-refractivity contribution in [2.45, 2.75) is 6.42 Å². The van der Waals surface area contributed by atoms with Gasteiger partial charge in [0.15, 0.2) is 11.5 Å². The number of ether oxygens (including phenoxy) is 1. The Labute approximate surface area is 111 Å². The summed E-state index contributed by atoms with van der Waals surface area (Å²) in [5, 5.41) is 12.4. The number of carbonyl (C=O) groups is 2. The third-order valence-electron chi connectivity index (χ3n) is 3.03. The fourth-order valence-corrected chi connectivity index (χ4v) is 1.98. The van der Waals surface area contributed by atoms with Gasteiger partial charge in [0.2, 0.25) is 5.91 Å². The second-order valence-corrected chi connectivity index (χ2v) is 4.28.